The highest BCUT2D eigenvalue weighted by molar-refractivity contribution is 6.33. The first-order chi connectivity index (χ1) is 15.2. The third kappa shape index (κ3) is 5.54. The molecule has 1 N–H and O–H groups in total. The number of hydrogen-bond donors (Lipinski definition) is 1. The maximum atomic E-state index is 13.1. The number of hydrogen-bond acceptors (Lipinski definition) is 3. The molecule has 0 saturated carbocycles. The van der Waals surface area contributed by atoms with E-state index >= 15 is 0 Å². The first-order valence-corrected chi connectivity index (χ1v) is 10.8. The normalized spacial score (nSPS) is 14.4. The number of amides is 1. The topological polar surface area (TPSA) is 41.6 Å². The number of anilines is 1. The van der Waals surface area contributed by atoms with Crippen molar-refractivity contribution in [2.24, 2.45) is 0 Å². The zero-order chi connectivity index (χ0) is 21.5. The van der Waals surface area contributed by atoms with Crippen LogP contribution in [0.4, 0.5) is 5.69 Å². The molecule has 0 unspecified atom stereocenters. The molecule has 4 nitrogen and oxygen atoms in total. The summed E-state index contributed by atoms with van der Waals surface area (Å²) in [4.78, 5) is 15.4. The monoisotopic (exact) mass is 432 g/mol. The molecule has 1 aliphatic heterocycles. The van der Waals surface area contributed by atoms with Crippen LogP contribution in [0.2, 0.25) is 5.02 Å². The van der Waals surface area contributed by atoms with Gasteiger partial charge in [-0.25, -0.2) is 0 Å². The van der Waals surface area contributed by atoms with Crippen LogP contribution >= 0.6 is 11.6 Å². The number of nitrogens with one attached hydrogen (secondary N) is 1. The Balaban J connectivity index is 1.48. The van der Waals surface area contributed by atoms with E-state index < -0.39 is 0 Å². The summed E-state index contributed by atoms with van der Waals surface area (Å²) in [7, 11) is 0. The van der Waals surface area contributed by atoms with Crippen molar-refractivity contribution in [2.75, 3.05) is 31.2 Å². The van der Waals surface area contributed by atoms with Gasteiger partial charge in [-0.2, -0.15) is 0 Å². The predicted molar refractivity (Wildman–Crippen MR) is 127 cm³/mol. The molecule has 1 heterocycles. The molecule has 0 aromatic heterocycles. The van der Waals surface area contributed by atoms with Crippen LogP contribution in [0.1, 0.15) is 16.7 Å². The van der Waals surface area contributed by atoms with Crippen LogP contribution in [0.25, 0.3) is 11.6 Å². The molecule has 0 radical (unpaired) electrons. The van der Waals surface area contributed by atoms with Crippen LogP contribution < -0.4 is 10.2 Å². The smallest absolute Gasteiger partial charge is 0.252 e. The molecule has 4 rings (SSSR count). The van der Waals surface area contributed by atoms with E-state index in [1.54, 1.807) is 0 Å². The third-order valence-corrected chi connectivity index (χ3v) is 5.64. The fourth-order valence-electron chi connectivity index (χ4n) is 3.57. The number of nitrogens with zero attached hydrogens (tertiary/aromatic N) is 1. The zero-order valence-electron chi connectivity index (χ0n) is 17.3. The summed E-state index contributed by atoms with van der Waals surface area (Å²) in [6.07, 6.45) is 1.84. The van der Waals surface area contributed by atoms with Gasteiger partial charge < -0.3 is 15.0 Å². The number of halogens is 1. The Hall–Kier alpha value is -3.08. The second kappa shape index (κ2) is 10.3. The van der Waals surface area contributed by atoms with Gasteiger partial charge in [0.2, 0.25) is 0 Å². The van der Waals surface area contributed by atoms with Crippen molar-refractivity contribution in [3.05, 3.63) is 101 Å². The van der Waals surface area contributed by atoms with E-state index in [4.69, 9.17) is 16.3 Å². The van der Waals surface area contributed by atoms with Crippen LogP contribution in [-0.4, -0.2) is 32.2 Å². The van der Waals surface area contributed by atoms with Crippen molar-refractivity contribution in [1.82, 2.24) is 5.32 Å². The molecule has 1 amide bonds. The Morgan fingerprint density at radius 1 is 0.935 bits per heavy atom. The molecule has 0 spiro atoms. The molecular formula is C26H25ClN2O2. The minimum Gasteiger partial charge on any atom is -0.378 e. The predicted octanol–water partition coefficient (Wildman–Crippen LogP) is 5.03. The lowest BCUT2D eigenvalue weighted by atomic mass is 10.0. The molecule has 1 saturated heterocycles. The number of carbonyl (C=O) groups is 1. The highest BCUT2D eigenvalue weighted by atomic mass is 35.5. The van der Waals surface area contributed by atoms with E-state index in [0.29, 0.717) is 17.1 Å². The lowest BCUT2D eigenvalue weighted by Gasteiger charge is -2.28. The summed E-state index contributed by atoms with van der Waals surface area (Å²) < 4.78 is 5.42. The number of ether oxygens (including phenoxy) is 1. The highest BCUT2D eigenvalue weighted by Gasteiger charge is 2.14. The summed E-state index contributed by atoms with van der Waals surface area (Å²) in [6.45, 7) is 3.79. The van der Waals surface area contributed by atoms with Gasteiger partial charge in [0, 0.05) is 35.9 Å². The quantitative estimate of drug-likeness (QED) is 0.438. The van der Waals surface area contributed by atoms with Gasteiger partial charge >= 0.3 is 0 Å². The van der Waals surface area contributed by atoms with E-state index in [1.165, 1.54) is 5.69 Å². The van der Waals surface area contributed by atoms with Gasteiger partial charge in [-0.3, -0.25) is 4.79 Å². The molecule has 1 fully saturated rings. The summed E-state index contributed by atoms with van der Waals surface area (Å²) >= 11 is 6.32. The summed E-state index contributed by atoms with van der Waals surface area (Å²) in [5.41, 5.74) is 4.48. The minimum atomic E-state index is -0.136. The summed E-state index contributed by atoms with van der Waals surface area (Å²) in [5.74, 6) is -0.136. The van der Waals surface area contributed by atoms with Crippen molar-refractivity contribution < 1.29 is 9.53 Å². The van der Waals surface area contributed by atoms with E-state index in [2.05, 4.69) is 34.5 Å². The molecule has 3 aromatic carbocycles. The molecular weight excluding hydrogens is 408 g/mol. The fraction of sp³-hybridized carbons (Fsp3) is 0.192. The average Bonchev–Trinajstić information content (AvgIpc) is 2.83. The molecule has 31 heavy (non-hydrogen) atoms. The maximum absolute atomic E-state index is 13.1. The third-order valence-electron chi connectivity index (χ3n) is 5.30. The van der Waals surface area contributed by atoms with Crippen LogP contribution in [-0.2, 0) is 16.1 Å². The number of rotatable bonds is 6. The van der Waals surface area contributed by atoms with Gasteiger partial charge in [-0.15, -0.1) is 0 Å². The van der Waals surface area contributed by atoms with Gasteiger partial charge in [0.05, 0.1) is 13.2 Å². The Kier molecular flexibility index (Phi) is 7.03. The van der Waals surface area contributed by atoms with Gasteiger partial charge in [-0.1, -0.05) is 72.3 Å². The highest BCUT2D eigenvalue weighted by Crippen LogP contribution is 2.23. The van der Waals surface area contributed by atoms with Crippen LogP contribution in [0.5, 0.6) is 0 Å². The maximum Gasteiger partial charge on any atom is 0.252 e. The van der Waals surface area contributed by atoms with E-state index in [-0.39, 0.29) is 5.91 Å². The fourth-order valence-corrected chi connectivity index (χ4v) is 3.76. The molecule has 0 aliphatic carbocycles. The van der Waals surface area contributed by atoms with Crippen LogP contribution in [0.15, 0.2) is 78.9 Å². The molecule has 3 aromatic rings. The van der Waals surface area contributed by atoms with Crippen molar-refractivity contribution in [3.8, 4) is 0 Å². The van der Waals surface area contributed by atoms with Crippen molar-refractivity contribution in [3.63, 3.8) is 0 Å². The first kappa shape index (κ1) is 21.2. The lowest BCUT2D eigenvalue weighted by Crippen LogP contribution is -2.36. The Labute approximate surface area is 188 Å². The van der Waals surface area contributed by atoms with Crippen LogP contribution in [0.3, 0.4) is 0 Å². The molecule has 0 atom stereocenters. The van der Waals surface area contributed by atoms with Gasteiger partial charge in [-0.05, 0) is 41.0 Å². The molecule has 1 aliphatic rings. The minimum absolute atomic E-state index is 0.136. The van der Waals surface area contributed by atoms with Crippen LogP contribution in [0, 0.1) is 0 Å². The summed E-state index contributed by atoms with van der Waals surface area (Å²) in [5, 5.41) is 3.67. The van der Waals surface area contributed by atoms with Gasteiger partial charge in [0.25, 0.3) is 5.91 Å². The summed E-state index contributed by atoms with van der Waals surface area (Å²) in [6, 6.07) is 25.5. The standard InChI is InChI=1S/C26H25ClN2O2/c27-25-9-5-4-8-22(25)18-24(21-6-2-1-3-7-21)26(30)28-19-20-10-12-23(13-11-20)29-14-16-31-17-15-29/h1-13,18H,14-17,19H2,(H,28,30)/b24-18+. The SMILES string of the molecule is O=C(NCc1ccc(N2CCOCC2)cc1)/C(=C/c1ccccc1Cl)c1ccccc1. The zero-order valence-corrected chi connectivity index (χ0v) is 18.0. The second-order valence-electron chi connectivity index (χ2n) is 7.39. The van der Waals surface area contributed by atoms with Crippen molar-refractivity contribution in [2.45, 2.75) is 6.54 Å². The van der Waals surface area contributed by atoms with Gasteiger partial charge in [0.1, 0.15) is 0 Å². The number of morpholine rings is 1. The van der Waals surface area contributed by atoms with E-state index in [1.807, 2.05) is 60.7 Å². The Bertz CT molecular complexity index is 1040. The second-order valence-corrected chi connectivity index (χ2v) is 7.80. The molecule has 5 heteroatoms. The Morgan fingerprint density at radius 3 is 2.32 bits per heavy atom. The van der Waals surface area contributed by atoms with Gasteiger partial charge in [0.15, 0.2) is 0 Å². The largest absolute Gasteiger partial charge is 0.378 e. The van der Waals surface area contributed by atoms with Crippen molar-refractivity contribution in [1.29, 1.82) is 0 Å². The average molecular weight is 433 g/mol. The number of benzene rings is 3. The van der Waals surface area contributed by atoms with E-state index in [0.717, 1.165) is 43.0 Å². The first-order valence-electron chi connectivity index (χ1n) is 10.4. The van der Waals surface area contributed by atoms with Crippen molar-refractivity contribution >= 4 is 34.8 Å². The van der Waals surface area contributed by atoms with E-state index in [9.17, 15) is 4.79 Å². The molecule has 158 valence electrons. The number of carbonyl (C=O) groups excluding carboxylic acids is 1. The molecule has 0 bridgehead atoms. The Morgan fingerprint density at radius 2 is 1.61 bits per heavy atom. The lowest BCUT2D eigenvalue weighted by molar-refractivity contribution is -0.115.